The fraction of sp³-hybridized carbons (Fsp3) is 0.0909. The molecule has 5 nitrogen and oxygen atoms in total. The van der Waals surface area contributed by atoms with Crippen LogP contribution in [0.2, 0.25) is 0 Å². The summed E-state index contributed by atoms with van der Waals surface area (Å²) >= 11 is 0. The van der Waals surface area contributed by atoms with E-state index >= 15 is 0 Å². The van der Waals surface area contributed by atoms with Crippen molar-refractivity contribution in [2.24, 2.45) is 0 Å². The Labute approximate surface area is 198 Å². The average molecular weight is 584 g/mol. The van der Waals surface area contributed by atoms with Gasteiger partial charge in [-0.1, -0.05) is 48.5 Å². The van der Waals surface area contributed by atoms with E-state index in [9.17, 15) is 9.90 Å². The largest absolute Gasteiger partial charge is 0.382 e. The maximum atomic E-state index is 12.5. The molecule has 0 aliphatic carbocycles. The third kappa shape index (κ3) is 4.52. The van der Waals surface area contributed by atoms with E-state index in [1.807, 2.05) is 71.3 Å². The van der Waals surface area contributed by atoms with Crippen molar-refractivity contribution in [1.29, 1.82) is 0 Å². The Morgan fingerprint density at radius 2 is 1.64 bits per heavy atom. The SMILES string of the molecule is O=c1cc(Cn2cncc2C(O)c2ccccc2)ccn1-c1ccccc1.[Ac]. The minimum absolute atomic E-state index is 0. The van der Waals surface area contributed by atoms with Crippen LogP contribution in [0.5, 0.6) is 0 Å². The van der Waals surface area contributed by atoms with Gasteiger partial charge in [0.25, 0.3) is 5.56 Å². The van der Waals surface area contributed by atoms with Crippen LogP contribution >= 0.6 is 0 Å². The smallest absolute Gasteiger partial charge is 0.255 e. The molecular formula is C22H19AcN3O2. The summed E-state index contributed by atoms with van der Waals surface area (Å²) in [6.45, 7) is 0.462. The van der Waals surface area contributed by atoms with Crippen LogP contribution in [-0.4, -0.2) is 19.2 Å². The molecule has 2 heterocycles. The number of para-hydroxylation sites is 1. The number of hydrogen-bond donors (Lipinski definition) is 1. The molecule has 0 fully saturated rings. The summed E-state index contributed by atoms with van der Waals surface area (Å²) in [6.07, 6.45) is 4.34. The molecule has 1 N–H and O–H groups in total. The minimum Gasteiger partial charge on any atom is -0.382 e. The maximum absolute atomic E-state index is 12.5. The Hall–Kier alpha value is -2.00. The first-order valence-corrected chi connectivity index (χ1v) is 8.72. The first-order chi connectivity index (χ1) is 13.2. The van der Waals surface area contributed by atoms with Crippen molar-refractivity contribution in [3.05, 3.63) is 119 Å². The number of hydrogen-bond acceptors (Lipinski definition) is 3. The van der Waals surface area contributed by atoms with Gasteiger partial charge in [-0.2, -0.15) is 0 Å². The normalized spacial score (nSPS) is 11.6. The summed E-state index contributed by atoms with van der Waals surface area (Å²) in [5.41, 5.74) is 3.08. The molecule has 4 rings (SSSR count). The molecule has 4 aromatic rings. The number of aliphatic hydroxyl groups excluding tert-OH is 1. The fourth-order valence-corrected chi connectivity index (χ4v) is 3.11. The summed E-state index contributed by atoms with van der Waals surface area (Å²) in [7, 11) is 0. The predicted octanol–water partition coefficient (Wildman–Crippen LogP) is 3.16. The van der Waals surface area contributed by atoms with Crippen LogP contribution in [0.3, 0.4) is 0 Å². The molecular weight excluding hydrogens is 565 g/mol. The van der Waals surface area contributed by atoms with Gasteiger partial charge in [-0.25, -0.2) is 4.98 Å². The van der Waals surface area contributed by atoms with Crippen LogP contribution in [-0.2, 0) is 6.54 Å². The number of benzene rings is 2. The molecule has 2 aromatic heterocycles. The maximum Gasteiger partial charge on any atom is 0.255 e. The Bertz CT molecular complexity index is 1090. The van der Waals surface area contributed by atoms with Gasteiger partial charge in [0.2, 0.25) is 0 Å². The van der Waals surface area contributed by atoms with Gasteiger partial charge >= 0.3 is 0 Å². The molecule has 1 atom stereocenters. The van der Waals surface area contributed by atoms with Gasteiger partial charge in [0.1, 0.15) is 6.10 Å². The number of imidazole rings is 1. The van der Waals surface area contributed by atoms with Crippen LogP contribution < -0.4 is 5.56 Å². The molecule has 0 aliphatic rings. The van der Waals surface area contributed by atoms with E-state index < -0.39 is 6.10 Å². The van der Waals surface area contributed by atoms with Gasteiger partial charge in [-0.15, -0.1) is 0 Å². The van der Waals surface area contributed by atoms with E-state index in [1.165, 1.54) is 0 Å². The van der Waals surface area contributed by atoms with Crippen molar-refractivity contribution in [2.45, 2.75) is 12.6 Å². The van der Waals surface area contributed by atoms with Crippen molar-refractivity contribution in [2.75, 3.05) is 0 Å². The molecule has 0 spiro atoms. The number of nitrogens with zero attached hydrogens (tertiary/aromatic N) is 3. The van der Waals surface area contributed by atoms with Crippen LogP contribution in [0.1, 0.15) is 22.9 Å². The van der Waals surface area contributed by atoms with Gasteiger partial charge in [-0.05, 0) is 29.3 Å². The van der Waals surface area contributed by atoms with E-state index in [1.54, 1.807) is 29.4 Å². The minimum atomic E-state index is -0.765. The molecule has 6 heteroatoms. The van der Waals surface area contributed by atoms with E-state index in [0.29, 0.717) is 12.2 Å². The second-order valence-corrected chi connectivity index (χ2v) is 6.34. The van der Waals surface area contributed by atoms with E-state index in [-0.39, 0.29) is 49.6 Å². The molecule has 0 saturated carbocycles. The van der Waals surface area contributed by atoms with Gasteiger partial charge in [0.15, 0.2) is 0 Å². The topological polar surface area (TPSA) is 60.1 Å². The molecule has 1 radical (unpaired) electrons. The van der Waals surface area contributed by atoms with Crippen molar-refractivity contribution in [3.63, 3.8) is 0 Å². The van der Waals surface area contributed by atoms with Gasteiger partial charge < -0.3 is 9.67 Å². The van der Waals surface area contributed by atoms with Crippen LogP contribution in [0.15, 0.2) is 96.3 Å². The van der Waals surface area contributed by atoms with Gasteiger partial charge in [-0.3, -0.25) is 9.36 Å². The Balaban J connectivity index is 0.00000225. The van der Waals surface area contributed by atoms with Crippen LogP contribution in [0, 0.1) is 44.1 Å². The molecule has 0 saturated heterocycles. The monoisotopic (exact) mass is 584 g/mol. The summed E-state index contributed by atoms with van der Waals surface area (Å²) in [6, 6.07) is 22.5. The third-order valence-electron chi connectivity index (χ3n) is 4.51. The predicted molar refractivity (Wildman–Crippen MR) is 104 cm³/mol. The van der Waals surface area contributed by atoms with Crippen LogP contribution in [0.4, 0.5) is 0 Å². The van der Waals surface area contributed by atoms with Crippen LogP contribution in [0.25, 0.3) is 5.69 Å². The Morgan fingerprint density at radius 1 is 0.964 bits per heavy atom. The molecule has 28 heavy (non-hydrogen) atoms. The van der Waals surface area contributed by atoms with E-state index in [2.05, 4.69) is 4.98 Å². The zero-order valence-corrected chi connectivity index (χ0v) is 20.0. The van der Waals surface area contributed by atoms with Crippen molar-refractivity contribution in [1.82, 2.24) is 14.1 Å². The number of pyridine rings is 1. The molecule has 0 bridgehead atoms. The first-order valence-electron chi connectivity index (χ1n) is 8.72. The van der Waals surface area contributed by atoms with E-state index in [0.717, 1.165) is 16.8 Å². The zero-order chi connectivity index (χ0) is 18.6. The number of aromatic nitrogens is 3. The number of aliphatic hydroxyl groups is 1. The Morgan fingerprint density at radius 3 is 2.32 bits per heavy atom. The fourth-order valence-electron chi connectivity index (χ4n) is 3.11. The second-order valence-electron chi connectivity index (χ2n) is 6.34. The molecule has 2 aromatic carbocycles. The molecule has 0 amide bonds. The molecule has 1 unspecified atom stereocenters. The second kappa shape index (κ2) is 9.47. The average Bonchev–Trinajstić information content (AvgIpc) is 3.17. The van der Waals surface area contributed by atoms with Gasteiger partial charge in [0, 0.05) is 68.6 Å². The summed E-state index contributed by atoms with van der Waals surface area (Å²) < 4.78 is 3.47. The summed E-state index contributed by atoms with van der Waals surface area (Å²) in [5.74, 6) is 0. The number of rotatable bonds is 5. The quantitative estimate of drug-likeness (QED) is 0.393. The standard InChI is InChI=1S/C22H19N3O2.Ac/c26-21-13-17(11-12-25(21)19-9-5-2-6-10-19)15-24-16-23-14-20(24)22(27)18-7-3-1-4-8-18;/h1-14,16,22,27H,15H2;. The van der Waals surface area contributed by atoms with Crippen molar-refractivity contribution in [3.8, 4) is 5.69 Å². The summed E-state index contributed by atoms with van der Waals surface area (Å²) in [4.78, 5) is 16.7. The first kappa shape index (κ1) is 20.7. The van der Waals surface area contributed by atoms with Crippen molar-refractivity contribution >= 4 is 0 Å². The Kier molecular flexibility index (Phi) is 7.01. The van der Waals surface area contributed by atoms with Crippen molar-refractivity contribution < 1.29 is 49.2 Å². The van der Waals surface area contributed by atoms with Gasteiger partial charge in [0.05, 0.1) is 18.2 Å². The molecule has 0 aliphatic heterocycles. The molecule has 137 valence electrons. The van der Waals surface area contributed by atoms with E-state index in [4.69, 9.17) is 0 Å². The zero-order valence-electron chi connectivity index (χ0n) is 15.2. The summed E-state index contributed by atoms with van der Waals surface area (Å²) in [5, 5.41) is 10.7. The third-order valence-corrected chi connectivity index (χ3v) is 4.51.